The van der Waals surface area contributed by atoms with E-state index in [0.717, 1.165) is 44.1 Å². The van der Waals surface area contributed by atoms with E-state index < -0.39 is 0 Å². The van der Waals surface area contributed by atoms with Crippen molar-refractivity contribution in [1.29, 1.82) is 0 Å². The van der Waals surface area contributed by atoms with Crippen LogP contribution >= 0.6 is 0 Å². The molecule has 134 valence electrons. The Morgan fingerprint density at radius 1 is 1.32 bits per heavy atom. The zero-order valence-corrected chi connectivity index (χ0v) is 15.3. The van der Waals surface area contributed by atoms with E-state index in [9.17, 15) is 4.79 Å². The molecule has 25 heavy (non-hydrogen) atoms. The van der Waals surface area contributed by atoms with E-state index in [1.165, 1.54) is 24.0 Å². The number of benzene rings is 1. The molecule has 2 bridgehead atoms. The van der Waals surface area contributed by atoms with Crippen LogP contribution in [-0.4, -0.2) is 55.5 Å². The molecular formula is C21H28N2O2. The topological polar surface area (TPSA) is 32.8 Å². The lowest BCUT2D eigenvalue weighted by atomic mass is 9.54. The third-order valence-corrected chi connectivity index (χ3v) is 7.35. The minimum atomic E-state index is 0.0242. The van der Waals surface area contributed by atoms with Crippen LogP contribution in [0.2, 0.25) is 0 Å². The summed E-state index contributed by atoms with van der Waals surface area (Å²) >= 11 is 0. The minimum Gasteiger partial charge on any atom is -0.497 e. The molecule has 4 heteroatoms. The van der Waals surface area contributed by atoms with Gasteiger partial charge >= 0.3 is 0 Å². The highest BCUT2D eigenvalue weighted by atomic mass is 16.5. The van der Waals surface area contributed by atoms with Crippen molar-refractivity contribution in [3.63, 3.8) is 0 Å². The molecule has 1 amide bonds. The average Bonchev–Trinajstić information content (AvgIpc) is 3.43. The average molecular weight is 340 g/mol. The highest BCUT2D eigenvalue weighted by Gasteiger charge is 2.56. The molecule has 2 saturated heterocycles. The van der Waals surface area contributed by atoms with E-state index in [2.05, 4.69) is 35.0 Å². The molecule has 0 N–H and O–H groups in total. The molecule has 4 aliphatic rings. The Kier molecular flexibility index (Phi) is 3.43. The number of amides is 1. The third-order valence-electron chi connectivity index (χ3n) is 7.35. The number of methoxy groups -OCH3 is 1. The lowest BCUT2D eigenvalue weighted by Gasteiger charge is -2.59. The van der Waals surface area contributed by atoms with E-state index in [4.69, 9.17) is 4.74 Å². The van der Waals surface area contributed by atoms with Crippen LogP contribution in [0.1, 0.15) is 36.8 Å². The number of carbonyl (C=O) groups is 1. The van der Waals surface area contributed by atoms with Crippen molar-refractivity contribution in [2.75, 3.05) is 33.8 Å². The van der Waals surface area contributed by atoms with E-state index in [-0.39, 0.29) is 5.41 Å². The van der Waals surface area contributed by atoms with Crippen LogP contribution in [0.4, 0.5) is 0 Å². The number of carbonyl (C=O) groups excluding carboxylic acids is 1. The smallest absolute Gasteiger partial charge is 0.223 e. The Morgan fingerprint density at radius 2 is 2.16 bits per heavy atom. The SMILES string of the molecule is COc1ccc2c(c1)C13CCN(C)[C@H](C2)[C@@H]1CN(CC1CC1)C(=O)C3. The highest BCUT2D eigenvalue weighted by molar-refractivity contribution is 5.80. The van der Waals surface area contributed by atoms with Crippen LogP contribution in [0.25, 0.3) is 0 Å². The van der Waals surface area contributed by atoms with Gasteiger partial charge in [0.15, 0.2) is 0 Å². The molecule has 0 radical (unpaired) electrons. The molecule has 0 spiro atoms. The molecule has 4 nitrogen and oxygen atoms in total. The summed E-state index contributed by atoms with van der Waals surface area (Å²) in [7, 11) is 4.01. The lowest BCUT2D eigenvalue weighted by molar-refractivity contribution is -0.143. The molecular weight excluding hydrogens is 312 g/mol. The van der Waals surface area contributed by atoms with E-state index in [1.807, 2.05) is 0 Å². The fraction of sp³-hybridized carbons (Fsp3) is 0.667. The summed E-state index contributed by atoms with van der Waals surface area (Å²) in [4.78, 5) is 17.8. The second kappa shape index (κ2) is 5.47. The molecule has 0 aromatic heterocycles. The number of hydrogen-bond acceptors (Lipinski definition) is 3. The van der Waals surface area contributed by atoms with Gasteiger partial charge in [0.2, 0.25) is 5.91 Å². The number of ether oxygens (including phenoxy) is 1. The van der Waals surface area contributed by atoms with Gasteiger partial charge < -0.3 is 14.5 Å². The predicted octanol–water partition coefficient (Wildman–Crippen LogP) is 2.45. The first-order valence-electron chi connectivity index (χ1n) is 9.76. The maximum absolute atomic E-state index is 13.0. The Labute approximate surface area is 150 Å². The number of rotatable bonds is 3. The normalized spacial score (nSPS) is 34.5. The van der Waals surface area contributed by atoms with Gasteiger partial charge in [-0.2, -0.15) is 0 Å². The maximum Gasteiger partial charge on any atom is 0.223 e. The van der Waals surface area contributed by atoms with Gasteiger partial charge in [0.25, 0.3) is 0 Å². The molecule has 1 saturated carbocycles. The van der Waals surface area contributed by atoms with Gasteiger partial charge in [-0.15, -0.1) is 0 Å². The van der Waals surface area contributed by atoms with Gasteiger partial charge in [-0.1, -0.05) is 6.07 Å². The first-order valence-corrected chi connectivity index (χ1v) is 9.76. The number of hydrogen-bond donors (Lipinski definition) is 0. The Bertz CT molecular complexity index is 714. The molecule has 3 atom stereocenters. The summed E-state index contributed by atoms with van der Waals surface area (Å²) in [6.07, 6.45) is 5.50. The number of likely N-dealkylation sites (N-methyl/N-ethyl adjacent to an activating group) is 1. The Morgan fingerprint density at radius 3 is 2.92 bits per heavy atom. The Balaban J connectivity index is 1.57. The van der Waals surface area contributed by atoms with Crippen molar-refractivity contribution in [3.8, 4) is 5.75 Å². The second-order valence-corrected chi connectivity index (χ2v) is 8.71. The van der Waals surface area contributed by atoms with Gasteiger partial charge in [-0.25, -0.2) is 0 Å². The molecule has 2 heterocycles. The summed E-state index contributed by atoms with van der Waals surface area (Å²) in [6, 6.07) is 7.10. The predicted molar refractivity (Wildman–Crippen MR) is 96.8 cm³/mol. The van der Waals surface area contributed by atoms with Crippen LogP contribution in [-0.2, 0) is 16.6 Å². The number of piperidine rings is 2. The standard InChI is InChI=1S/C21H28N2O2/c1-22-8-7-21-11-20(24)23(12-14-3-4-14)13-18(21)19(22)9-15-5-6-16(25-2)10-17(15)21/h5-6,10,14,18-19H,3-4,7-9,11-13H2,1-2H3/t18-,19+,21?/m0/s1. The van der Waals surface area contributed by atoms with Gasteiger partial charge in [0, 0.05) is 36.9 Å². The lowest BCUT2D eigenvalue weighted by Crippen LogP contribution is -2.66. The minimum absolute atomic E-state index is 0.0242. The summed E-state index contributed by atoms with van der Waals surface area (Å²) < 4.78 is 5.52. The van der Waals surface area contributed by atoms with Gasteiger partial charge in [-0.3, -0.25) is 4.79 Å². The molecule has 1 unspecified atom stereocenters. The fourth-order valence-electron chi connectivity index (χ4n) is 5.70. The van der Waals surface area contributed by atoms with E-state index in [1.54, 1.807) is 7.11 Å². The molecule has 2 aliphatic carbocycles. The zero-order chi connectivity index (χ0) is 17.2. The van der Waals surface area contributed by atoms with Crippen molar-refractivity contribution in [2.24, 2.45) is 11.8 Å². The van der Waals surface area contributed by atoms with Crippen LogP contribution in [0, 0.1) is 11.8 Å². The van der Waals surface area contributed by atoms with E-state index in [0.29, 0.717) is 24.3 Å². The zero-order valence-electron chi connectivity index (χ0n) is 15.3. The first-order chi connectivity index (χ1) is 12.1. The van der Waals surface area contributed by atoms with Gasteiger partial charge in [-0.05, 0) is 68.5 Å². The van der Waals surface area contributed by atoms with Gasteiger partial charge in [0.1, 0.15) is 5.75 Å². The van der Waals surface area contributed by atoms with Gasteiger partial charge in [0.05, 0.1) is 7.11 Å². The fourth-order valence-corrected chi connectivity index (χ4v) is 5.70. The van der Waals surface area contributed by atoms with Crippen molar-refractivity contribution in [3.05, 3.63) is 29.3 Å². The molecule has 1 aromatic carbocycles. The monoisotopic (exact) mass is 340 g/mol. The highest BCUT2D eigenvalue weighted by Crippen LogP contribution is 2.54. The molecule has 3 fully saturated rings. The number of nitrogens with zero attached hydrogens (tertiary/aromatic N) is 2. The van der Waals surface area contributed by atoms with E-state index >= 15 is 0 Å². The van der Waals surface area contributed by atoms with Crippen molar-refractivity contribution < 1.29 is 9.53 Å². The molecule has 5 rings (SSSR count). The van der Waals surface area contributed by atoms with Crippen LogP contribution in [0.15, 0.2) is 18.2 Å². The number of likely N-dealkylation sites (tertiary alicyclic amines) is 2. The van der Waals surface area contributed by atoms with Crippen molar-refractivity contribution in [1.82, 2.24) is 9.80 Å². The summed E-state index contributed by atoms with van der Waals surface area (Å²) in [5, 5.41) is 0. The summed E-state index contributed by atoms with van der Waals surface area (Å²) in [5.74, 6) is 2.63. The van der Waals surface area contributed by atoms with Crippen molar-refractivity contribution in [2.45, 2.75) is 43.6 Å². The second-order valence-electron chi connectivity index (χ2n) is 8.71. The third kappa shape index (κ3) is 2.33. The Hall–Kier alpha value is -1.55. The quantitative estimate of drug-likeness (QED) is 0.847. The van der Waals surface area contributed by atoms with Crippen molar-refractivity contribution >= 4 is 5.91 Å². The summed E-state index contributed by atoms with van der Waals surface area (Å²) in [5.41, 5.74) is 2.86. The largest absolute Gasteiger partial charge is 0.497 e. The maximum atomic E-state index is 13.0. The molecule has 2 aliphatic heterocycles. The number of fused-ring (bicyclic) bond motifs is 1. The van der Waals surface area contributed by atoms with Crippen LogP contribution in [0.5, 0.6) is 5.75 Å². The molecule has 1 aromatic rings. The van der Waals surface area contributed by atoms with Crippen LogP contribution in [0.3, 0.4) is 0 Å². The van der Waals surface area contributed by atoms with Crippen LogP contribution < -0.4 is 4.74 Å². The summed E-state index contributed by atoms with van der Waals surface area (Å²) in [6.45, 7) is 3.03. The first kappa shape index (κ1) is 15.7.